The van der Waals surface area contributed by atoms with Gasteiger partial charge in [-0.15, -0.1) is 0 Å². The Bertz CT molecular complexity index is 358. The summed E-state index contributed by atoms with van der Waals surface area (Å²) in [5.41, 5.74) is -0.0179. The van der Waals surface area contributed by atoms with Gasteiger partial charge in [-0.05, 0) is 24.1 Å². The summed E-state index contributed by atoms with van der Waals surface area (Å²) in [6, 6.07) is 3.73. The molecule has 1 aromatic carbocycles. The molecule has 1 rings (SSSR count). The first-order chi connectivity index (χ1) is 7.00. The predicted molar refractivity (Wildman–Crippen MR) is 54.9 cm³/mol. The quantitative estimate of drug-likeness (QED) is 0.590. The lowest BCUT2D eigenvalue weighted by Gasteiger charge is -2.08. The van der Waals surface area contributed by atoms with E-state index in [1.54, 1.807) is 0 Å². The van der Waals surface area contributed by atoms with Crippen molar-refractivity contribution in [1.82, 2.24) is 0 Å². The van der Waals surface area contributed by atoms with Gasteiger partial charge in [0.15, 0.2) is 0 Å². The maximum absolute atomic E-state index is 11.4. The van der Waals surface area contributed by atoms with Crippen LogP contribution in [0.4, 0.5) is 0 Å². The normalized spacial score (nSPS) is 10.3. The largest absolute Gasteiger partial charge is 0.508 e. The molecular weight excluding hydrogens is 196 g/mol. The van der Waals surface area contributed by atoms with E-state index in [2.05, 4.69) is 0 Å². The number of carbonyl (C=O) groups is 1. The second-order valence-corrected chi connectivity index (χ2v) is 3.69. The summed E-state index contributed by atoms with van der Waals surface area (Å²) in [6.07, 6.45) is 0. The Kier molecular flexibility index (Phi) is 3.55. The standard InChI is InChI=1S/C11H14O4/c1-7(2)6-15-11(14)9-5-8(12)3-4-10(9)13/h3-5,7,12-13H,6H2,1-2H3. The first-order valence-electron chi connectivity index (χ1n) is 4.70. The number of rotatable bonds is 3. The Balaban J connectivity index is 2.77. The van der Waals surface area contributed by atoms with Gasteiger partial charge >= 0.3 is 5.97 Å². The summed E-state index contributed by atoms with van der Waals surface area (Å²) in [6.45, 7) is 4.11. The van der Waals surface area contributed by atoms with E-state index in [1.165, 1.54) is 18.2 Å². The van der Waals surface area contributed by atoms with Crippen LogP contribution < -0.4 is 0 Å². The number of phenols is 2. The average molecular weight is 210 g/mol. The van der Waals surface area contributed by atoms with E-state index in [9.17, 15) is 9.90 Å². The lowest BCUT2D eigenvalue weighted by atomic mass is 10.2. The Morgan fingerprint density at radius 2 is 2.07 bits per heavy atom. The summed E-state index contributed by atoms with van der Waals surface area (Å²) in [4.78, 5) is 11.4. The zero-order valence-corrected chi connectivity index (χ0v) is 8.73. The molecule has 4 heteroatoms. The molecule has 0 spiro atoms. The molecule has 82 valence electrons. The number of aromatic hydroxyl groups is 2. The van der Waals surface area contributed by atoms with Gasteiger partial charge in [0.1, 0.15) is 17.1 Å². The lowest BCUT2D eigenvalue weighted by molar-refractivity contribution is 0.0455. The Morgan fingerprint density at radius 3 is 2.67 bits per heavy atom. The van der Waals surface area contributed by atoms with Crippen molar-refractivity contribution in [3.63, 3.8) is 0 Å². The smallest absolute Gasteiger partial charge is 0.342 e. The van der Waals surface area contributed by atoms with E-state index >= 15 is 0 Å². The molecule has 0 aliphatic carbocycles. The van der Waals surface area contributed by atoms with Crippen LogP contribution in [-0.2, 0) is 4.74 Å². The van der Waals surface area contributed by atoms with Gasteiger partial charge in [-0.25, -0.2) is 4.79 Å². The molecule has 0 aliphatic rings. The number of benzene rings is 1. The molecule has 0 aromatic heterocycles. The summed E-state index contributed by atoms with van der Waals surface area (Å²) in [5.74, 6) is -0.670. The number of hydrogen-bond donors (Lipinski definition) is 2. The molecule has 1 aromatic rings. The minimum atomic E-state index is -0.628. The maximum Gasteiger partial charge on any atom is 0.342 e. The fourth-order valence-electron chi connectivity index (χ4n) is 1.01. The minimum absolute atomic E-state index is 0.0179. The van der Waals surface area contributed by atoms with Gasteiger partial charge in [0.25, 0.3) is 0 Å². The fraction of sp³-hybridized carbons (Fsp3) is 0.364. The highest BCUT2D eigenvalue weighted by Gasteiger charge is 2.13. The van der Waals surface area contributed by atoms with Crippen molar-refractivity contribution < 1.29 is 19.7 Å². The van der Waals surface area contributed by atoms with Gasteiger partial charge in [0, 0.05) is 0 Å². The molecule has 0 aliphatic heterocycles. The maximum atomic E-state index is 11.4. The van der Waals surface area contributed by atoms with Crippen molar-refractivity contribution in [2.75, 3.05) is 6.61 Å². The molecule has 4 nitrogen and oxygen atoms in total. The van der Waals surface area contributed by atoms with Crippen LogP contribution in [0.2, 0.25) is 0 Å². The van der Waals surface area contributed by atoms with E-state index in [1.807, 2.05) is 13.8 Å². The highest BCUT2D eigenvalue weighted by atomic mass is 16.5. The molecular formula is C11H14O4. The summed E-state index contributed by atoms with van der Waals surface area (Å²) >= 11 is 0. The van der Waals surface area contributed by atoms with Gasteiger partial charge < -0.3 is 14.9 Å². The van der Waals surface area contributed by atoms with Crippen LogP contribution in [0.1, 0.15) is 24.2 Å². The molecule has 15 heavy (non-hydrogen) atoms. The third-order valence-electron chi connectivity index (χ3n) is 1.75. The summed E-state index contributed by atoms with van der Waals surface area (Å²) in [7, 11) is 0. The van der Waals surface area contributed by atoms with Crippen molar-refractivity contribution in [3.05, 3.63) is 23.8 Å². The van der Waals surface area contributed by atoms with Crippen LogP contribution in [0.3, 0.4) is 0 Å². The van der Waals surface area contributed by atoms with Crippen LogP contribution in [0, 0.1) is 5.92 Å². The van der Waals surface area contributed by atoms with Gasteiger partial charge in [-0.1, -0.05) is 13.8 Å². The van der Waals surface area contributed by atoms with Crippen molar-refractivity contribution in [3.8, 4) is 11.5 Å². The van der Waals surface area contributed by atoms with E-state index in [4.69, 9.17) is 9.84 Å². The van der Waals surface area contributed by atoms with Crippen LogP contribution >= 0.6 is 0 Å². The number of carbonyl (C=O) groups excluding carboxylic acids is 1. The van der Waals surface area contributed by atoms with Crippen molar-refractivity contribution in [2.45, 2.75) is 13.8 Å². The van der Waals surface area contributed by atoms with Gasteiger partial charge in [-0.3, -0.25) is 0 Å². The zero-order chi connectivity index (χ0) is 11.4. The Morgan fingerprint density at radius 1 is 1.40 bits per heavy atom. The van der Waals surface area contributed by atoms with Gasteiger partial charge in [0.2, 0.25) is 0 Å². The molecule has 0 amide bonds. The third-order valence-corrected chi connectivity index (χ3v) is 1.75. The monoisotopic (exact) mass is 210 g/mol. The van der Waals surface area contributed by atoms with Crippen molar-refractivity contribution >= 4 is 5.97 Å². The van der Waals surface area contributed by atoms with Crippen molar-refractivity contribution in [2.24, 2.45) is 5.92 Å². The van der Waals surface area contributed by atoms with Crippen molar-refractivity contribution in [1.29, 1.82) is 0 Å². The molecule has 0 fully saturated rings. The van der Waals surface area contributed by atoms with Crippen LogP contribution in [0.25, 0.3) is 0 Å². The molecule has 0 bridgehead atoms. The molecule has 0 heterocycles. The molecule has 0 saturated heterocycles. The third kappa shape index (κ3) is 3.16. The van der Waals surface area contributed by atoms with E-state index in [0.717, 1.165) is 0 Å². The van der Waals surface area contributed by atoms with Crippen LogP contribution in [0.15, 0.2) is 18.2 Å². The van der Waals surface area contributed by atoms with Gasteiger partial charge in [-0.2, -0.15) is 0 Å². The van der Waals surface area contributed by atoms with E-state index < -0.39 is 5.97 Å². The Hall–Kier alpha value is -1.71. The first kappa shape index (κ1) is 11.4. The summed E-state index contributed by atoms with van der Waals surface area (Å²) < 4.78 is 4.92. The molecule has 0 unspecified atom stereocenters. The SMILES string of the molecule is CC(C)COC(=O)c1cc(O)ccc1O. The molecule has 0 atom stereocenters. The molecule has 2 N–H and O–H groups in total. The van der Waals surface area contributed by atoms with Crippen LogP contribution in [-0.4, -0.2) is 22.8 Å². The number of ether oxygens (including phenoxy) is 1. The lowest BCUT2D eigenvalue weighted by Crippen LogP contribution is -2.10. The molecule has 0 saturated carbocycles. The number of phenolic OH excluding ortho intramolecular Hbond substituents is 2. The Labute approximate surface area is 88.1 Å². The highest BCUT2D eigenvalue weighted by Crippen LogP contribution is 2.22. The minimum Gasteiger partial charge on any atom is -0.508 e. The van der Waals surface area contributed by atoms with E-state index in [-0.39, 0.29) is 29.6 Å². The highest BCUT2D eigenvalue weighted by molar-refractivity contribution is 5.92. The number of esters is 1. The average Bonchev–Trinajstić information content (AvgIpc) is 2.18. The van der Waals surface area contributed by atoms with Crippen LogP contribution in [0.5, 0.6) is 11.5 Å². The first-order valence-corrected chi connectivity index (χ1v) is 4.70. The number of hydrogen-bond acceptors (Lipinski definition) is 4. The molecule has 0 radical (unpaired) electrons. The zero-order valence-electron chi connectivity index (χ0n) is 8.73. The second kappa shape index (κ2) is 4.68. The summed E-state index contributed by atoms with van der Waals surface area (Å²) in [5, 5.41) is 18.5. The second-order valence-electron chi connectivity index (χ2n) is 3.69. The fourth-order valence-corrected chi connectivity index (χ4v) is 1.01. The topological polar surface area (TPSA) is 66.8 Å². The predicted octanol–water partition coefficient (Wildman–Crippen LogP) is 1.91. The van der Waals surface area contributed by atoms with E-state index in [0.29, 0.717) is 0 Å². The van der Waals surface area contributed by atoms with Gasteiger partial charge in [0.05, 0.1) is 6.61 Å².